The van der Waals surface area contributed by atoms with E-state index in [9.17, 15) is 9.18 Å². The number of carbonyl (C=O) groups is 1. The molecule has 0 aliphatic heterocycles. The summed E-state index contributed by atoms with van der Waals surface area (Å²) in [5, 5.41) is 13.0. The lowest BCUT2D eigenvalue weighted by molar-refractivity contribution is 0.0941. The van der Waals surface area contributed by atoms with Gasteiger partial charge in [0.25, 0.3) is 5.91 Å². The number of rotatable bonds is 3. The van der Waals surface area contributed by atoms with Crippen molar-refractivity contribution in [3.05, 3.63) is 77.2 Å². The number of amides is 1. The molecule has 30 heavy (non-hydrogen) atoms. The number of halogens is 1. The summed E-state index contributed by atoms with van der Waals surface area (Å²) in [6.07, 6.45) is 7.05. The predicted molar refractivity (Wildman–Crippen MR) is 112 cm³/mol. The zero-order valence-electron chi connectivity index (χ0n) is 16.6. The van der Waals surface area contributed by atoms with Gasteiger partial charge in [0.2, 0.25) is 0 Å². The van der Waals surface area contributed by atoms with Crippen LogP contribution in [0, 0.1) is 22.6 Å². The zero-order valence-corrected chi connectivity index (χ0v) is 16.6. The van der Waals surface area contributed by atoms with Crippen molar-refractivity contribution in [3.63, 3.8) is 0 Å². The summed E-state index contributed by atoms with van der Waals surface area (Å²) in [5.74, 6) is 0.106. The number of carbonyl (C=O) groups excluding carboxylic acids is 1. The monoisotopic (exact) mass is 399 g/mol. The van der Waals surface area contributed by atoms with Crippen LogP contribution < -0.4 is 5.32 Å². The molecule has 1 spiro atoms. The van der Waals surface area contributed by atoms with Gasteiger partial charge in [-0.3, -0.25) is 9.78 Å². The Balaban J connectivity index is 1.24. The summed E-state index contributed by atoms with van der Waals surface area (Å²) >= 11 is 0. The minimum absolute atomic E-state index is 0.0703. The van der Waals surface area contributed by atoms with E-state index in [2.05, 4.69) is 16.4 Å². The quantitative estimate of drug-likeness (QED) is 0.667. The van der Waals surface area contributed by atoms with E-state index in [0.29, 0.717) is 17.0 Å². The normalized spacial score (nSPS) is 25.1. The van der Waals surface area contributed by atoms with Crippen LogP contribution in [0.4, 0.5) is 4.39 Å². The van der Waals surface area contributed by atoms with Crippen LogP contribution in [0.25, 0.3) is 10.9 Å². The number of benzene rings is 2. The van der Waals surface area contributed by atoms with Crippen LogP contribution in [0.3, 0.4) is 0 Å². The molecule has 1 amide bonds. The van der Waals surface area contributed by atoms with Gasteiger partial charge < -0.3 is 5.32 Å². The lowest BCUT2D eigenvalue weighted by Crippen LogP contribution is -2.31. The van der Waals surface area contributed by atoms with Gasteiger partial charge >= 0.3 is 0 Å². The molecule has 5 rings (SSSR count). The van der Waals surface area contributed by atoms with E-state index in [1.54, 1.807) is 36.4 Å². The van der Waals surface area contributed by atoms with E-state index in [1.165, 1.54) is 11.6 Å². The van der Waals surface area contributed by atoms with Gasteiger partial charge in [-0.05, 0) is 97.5 Å². The zero-order chi connectivity index (χ0) is 20.7. The molecule has 2 aliphatic rings. The molecule has 1 aromatic heterocycles. The van der Waals surface area contributed by atoms with Gasteiger partial charge in [-0.25, -0.2) is 4.39 Å². The number of pyridine rings is 1. The first-order valence-electron chi connectivity index (χ1n) is 10.4. The third kappa shape index (κ3) is 3.33. The van der Waals surface area contributed by atoms with Crippen LogP contribution in [0.1, 0.15) is 59.5 Å². The van der Waals surface area contributed by atoms with Gasteiger partial charge in [0, 0.05) is 23.2 Å². The molecular formula is C25H22FN3O. The second-order valence-corrected chi connectivity index (χ2v) is 8.62. The Morgan fingerprint density at radius 1 is 1.13 bits per heavy atom. The van der Waals surface area contributed by atoms with Gasteiger partial charge in [-0.2, -0.15) is 5.26 Å². The molecule has 2 saturated carbocycles. The van der Waals surface area contributed by atoms with Crippen molar-refractivity contribution in [2.24, 2.45) is 5.41 Å². The summed E-state index contributed by atoms with van der Waals surface area (Å²) in [4.78, 5) is 16.9. The fraction of sp³-hybridized carbons (Fsp3) is 0.320. The molecular weight excluding hydrogens is 377 g/mol. The lowest BCUT2D eigenvalue weighted by atomic mass is 9.75. The second-order valence-electron chi connectivity index (χ2n) is 8.62. The summed E-state index contributed by atoms with van der Waals surface area (Å²) in [5.41, 5.74) is 3.37. The number of aromatic nitrogens is 1. The van der Waals surface area contributed by atoms with Crippen LogP contribution in [0.15, 0.2) is 54.7 Å². The number of hydrogen-bond donors (Lipinski definition) is 1. The summed E-state index contributed by atoms with van der Waals surface area (Å²) in [7, 11) is 0. The molecule has 2 fully saturated rings. The Morgan fingerprint density at radius 3 is 2.63 bits per heavy atom. The molecule has 1 atom stereocenters. The molecule has 0 saturated heterocycles. The molecule has 0 bridgehead atoms. The maximum atomic E-state index is 13.8. The standard InChI is InChI=1S/C25H22FN3O/c26-19-5-6-22-21(13-19)20(9-12-28-22)17-7-10-25(11-8-17)14-23(25)29-24(30)18-3-1-16(15-27)2-4-18/h1-6,9,12-13,17,23H,7-8,10-11,14H2,(H,29,30)/t17-,23-,25+/m0/s1. The first kappa shape index (κ1) is 18.7. The molecule has 1 N–H and O–H groups in total. The van der Waals surface area contributed by atoms with Crippen LogP contribution >= 0.6 is 0 Å². The Morgan fingerprint density at radius 2 is 1.90 bits per heavy atom. The molecule has 1 heterocycles. The maximum Gasteiger partial charge on any atom is 0.251 e. The first-order chi connectivity index (χ1) is 14.6. The average Bonchev–Trinajstić information content (AvgIpc) is 3.44. The van der Waals surface area contributed by atoms with E-state index in [0.717, 1.165) is 43.0 Å². The highest BCUT2D eigenvalue weighted by molar-refractivity contribution is 5.94. The first-order valence-corrected chi connectivity index (χ1v) is 10.4. The van der Waals surface area contributed by atoms with E-state index in [1.807, 2.05) is 12.3 Å². The molecule has 2 aromatic carbocycles. The fourth-order valence-electron chi connectivity index (χ4n) is 5.04. The van der Waals surface area contributed by atoms with Crippen molar-refractivity contribution < 1.29 is 9.18 Å². The van der Waals surface area contributed by atoms with Gasteiger partial charge in [0.15, 0.2) is 0 Å². The molecule has 0 unspecified atom stereocenters. The number of nitrogens with one attached hydrogen (secondary N) is 1. The van der Waals surface area contributed by atoms with E-state index < -0.39 is 0 Å². The number of hydrogen-bond acceptors (Lipinski definition) is 3. The van der Waals surface area contributed by atoms with Crippen molar-refractivity contribution >= 4 is 16.8 Å². The van der Waals surface area contributed by atoms with E-state index in [-0.39, 0.29) is 23.2 Å². The van der Waals surface area contributed by atoms with Crippen molar-refractivity contribution in [1.82, 2.24) is 10.3 Å². The highest BCUT2D eigenvalue weighted by atomic mass is 19.1. The third-order valence-corrected chi connectivity index (χ3v) is 6.93. The molecule has 3 aromatic rings. The predicted octanol–water partition coefficient (Wildman–Crippen LogP) is 5.09. The van der Waals surface area contributed by atoms with Crippen LogP contribution in [0.2, 0.25) is 0 Å². The lowest BCUT2D eigenvalue weighted by Gasteiger charge is -2.30. The number of nitriles is 1. The highest BCUT2D eigenvalue weighted by Crippen LogP contribution is 2.59. The maximum absolute atomic E-state index is 13.8. The smallest absolute Gasteiger partial charge is 0.251 e. The van der Waals surface area contributed by atoms with Crippen LogP contribution in [-0.2, 0) is 0 Å². The SMILES string of the molecule is N#Cc1ccc(C(=O)N[C@H]2C[C@]23CC[C@H](c2ccnc4ccc(F)cc42)CC3)cc1. The molecule has 0 radical (unpaired) electrons. The third-order valence-electron chi connectivity index (χ3n) is 6.93. The summed E-state index contributed by atoms with van der Waals surface area (Å²) < 4.78 is 13.8. The Kier molecular flexibility index (Phi) is 4.51. The Labute approximate surface area is 174 Å². The van der Waals surface area contributed by atoms with E-state index in [4.69, 9.17) is 5.26 Å². The minimum atomic E-state index is -0.225. The van der Waals surface area contributed by atoms with Crippen molar-refractivity contribution in [2.75, 3.05) is 0 Å². The van der Waals surface area contributed by atoms with Crippen LogP contribution in [0.5, 0.6) is 0 Å². The fourth-order valence-corrected chi connectivity index (χ4v) is 5.04. The largest absolute Gasteiger partial charge is 0.349 e. The van der Waals surface area contributed by atoms with E-state index >= 15 is 0 Å². The van der Waals surface area contributed by atoms with Gasteiger partial charge in [0.05, 0.1) is 17.1 Å². The number of fused-ring (bicyclic) bond motifs is 1. The van der Waals surface area contributed by atoms with Crippen LogP contribution in [-0.4, -0.2) is 16.9 Å². The summed E-state index contributed by atoms with van der Waals surface area (Å²) in [6, 6.07) is 15.9. The van der Waals surface area contributed by atoms with Gasteiger partial charge in [0.1, 0.15) is 5.82 Å². The van der Waals surface area contributed by atoms with Gasteiger partial charge in [-0.15, -0.1) is 0 Å². The molecule has 2 aliphatic carbocycles. The number of nitrogens with zero attached hydrogens (tertiary/aromatic N) is 2. The Bertz CT molecular complexity index is 1160. The topological polar surface area (TPSA) is 65.8 Å². The molecule has 150 valence electrons. The van der Waals surface area contributed by atoms with Crippen molar-refractivity contribution in [2.45, 2.75) is 44.1 Å². The van der Waals surface area contributed by atoms with Crippen molar-refractivity contribution in [1.29, 1.82) is 5.26 Å². The Hall–Kier alpha value is -3.26. The molecule has 4 nitrogen and oxygen atoms in total. The average molecular weight is 399 g/mol. The van der Waals surface area contributed by atoms with Crippen molar-refractivity contribution in [3.8, 4) is 6.07 Å². The second kappa shape index (κ2) is 7.21. The minimum Gasteiger partial charge on any atom is -0.349 e. The molecule has 5 heteroatoms. The van der Waals surface area contributed by atoms with Gasteiger partial charge in [-0.1, -0.05) is 0 Å². The summed E-state index contributed by atoms with van der Waals surface area (Å²) in [6.45, 7) is 0. The highest BCUT2D eigenvalue weighted by Gasteiger charge is 2.55.